The first-order chi connectivity index (χ1) is 9.56. The number of aromatic nitrogens is 3. The minimum atomic E-state index is 0.644. The second-order valence-electron chi connectivity index (χ2n) is 4.72. The van der Waals surface area contributed by atoms with Crippen molar-refractivity contribution in [2.24, 2.45) is 0 Å². The van der Waals surface area contributed by atoms with Crippen LogP contribution in [0.25, 0.3) is 0 Å². The summed E-state index contributed by atoms with van der Waals surface area (Å²) in [6.45, 7) is 8.55. The summed E-state index contributed by atoms with van der Waals surface area (Å²) >= 11 is 0. The van der Waals surface area contributed by atoms with Crippen LogP contribution in [0, 0.1) is 20.8 Å². The van der Waals surface area contributed by atoms with Crippen molar-refractivity contribution in [2.45, 2.75) is 40.7 Å². The van der Waals surface area contributed by atoms with Crippen LogP contribution in [-0.4, -0.2) is 22.2 Å². The van der Waals surface area contributed by atoms with Gasteiger partial charge in [0.2, 0.25) is 0 Å². The quantitative estimate of drug-likeness (QED) is 0.873. The van der Waals surface area contributed by atoms with Crippen LogP contribution < -0.4 is 10.6 Å². The van der Waals surface area contributed by atoms with E-state index >= 15 is 0 Å². The van der Waals surface area contributed by atoms with Gasteiger partial charge in [-0.1, -0.05) is 12.1 Å². The SMILES string of the molecule is CCc1nc(NC)c(C)c(NCc2c(C)noc2C)n1. The van der Waals surface area contributed by atoms with Crippen LogP contribution in [0.1, 0.15) is 35.3 Å². The number of rotatable bonds is 5. The molecule has 6 nitrogen and oxygen atoms in total. The first-order valence-corrected chi connectivity index (χ1v) is 6.77. The first kappa shape index (κ1) is 14.3. The van der Waals surface area contributed by atoms with Crippen molar-refractivity contribution < 1.29 is 4.52 Å². The second-order valence-corrected chi connectivity index (χ2v) is 4.72. The molecule has 2 N–H and O–H groups in total. The lowest BCUT2D eigenvalue weighted by molar-refractivity contribution is 0.392. The molecule has 0 fully saturated rings. The van der Waals surface area contributed by atoms with E-state index < -0.39 is 0 Å². The highest BCUT2D eigenvalue weighted by atomic mass is 16.5. The van der Waals surface area contributed by atoms with E-state index in [-0.39, 0.29) is 0 Å². The molecule has 2 heterocycles. The summed E-state index contributed by atoms with van der Waals surface area (Å²) in [4.78, 5) is 9.00. The summed E-state index contributed by atoms with van der Waals surface area (Å²) in [5.41, 5.74) is 3.00. The molecule has 0 aliphatic carbocycles. The molecule has 0 spiro atoms. The van der Waals surface area contributed by atoms with Gasteiger partial charge in [-0.2, -0.15) is 0 Å². The summed E-state index contributed by atoms with van der Waals surface area (Å²) < 4.78 is 5.17. The zero-order valence-electron chi connectivity index (χ0n) is 12.7. The van der Waals surface area contributed by atoms with Gasteiger partial charge in [0.05, 0.1) is 5.69 Å². The summed E-state index contributed by atoms with van der Waals surface area (Å²) in [5.74, 6) is 3.37. The van der Waals surface area contributed by atoms with Gasteiger partial charge in [-0.15, -0.1) is 0 Å². The molecule has 0 aliphatic heterocycles. The molecular weight excluding hydrogens is 254 g/mol. The topological polar surface area (TPSA) is 75.9 Å². The third kappa shape index (κ3) is 2.74. The molecule has 0 saturated heterocycles. The van der Waals surface area contributed by atoms with E-state index in [1.165, 1.54) is 0 Å². The average Bonchev–Trinajstić information content (AvgIpc) is 2.77. The number of aryl methyl sites for hydroxylation is 3. The molecule has 0 bridgehead atoms. The number of anilines is 2. The molecule has 0 aliphatic rings. The molecule has 2 aromatic rings. The molecule has 0 amide bonds. The van der Waals surface area contributed by atoms with Crippen molar-refractivity contribution >= 4 is 11.6 Å². The van der Waals surface area contributed by atoms with Crippen molar-refractivity contribution in [3.8, 4) is 0 Å². The minimum absolute atomic E-state index is 0.644. The van der Waals surface area contributed by atoms with Crippen LogP contribution in [0.4, 0.5) is 11.6 Å². The van der Waals surface area contributed by atoms with E-state index in [1.54, 1.807) is 0 Å². The Bertz CT molecular complexity index is 586. The zero-order chi connectivity index (χ0) is 14.7. The molecule has 0 unspecified atom stereocenters. The highest BCUT2D eigenvalue weighted by Gasteiger charge is 2.12. The lowest BCUT2D eigenvalue weighted by atomic mass is 10.2. The molecule has 20 heavy (non-hydrogen) atoms. The largest absolute Gasteiger partial charge is 0.373 e. The van der Waals surface area contributed by atoms with Gasteiger partial charge in [0.25, 0.3) is 0 Å². The average molecular weight is 275 g/mol. The summed E-state index contributed by atoms with van der Waals surface area (Å²) in [7, 11) is 1.87. The predicted molar refractivity (Wildman–Crippen MR) is 79.0 cm³/mol. The highest BCUT2D eigenvalue weighted by molar-refractivity contribution is 5.57. The van der Waals surface area contributed by atoms with Crippen molar-refractivity contribution in [3.05, 3.63) is 28.4 Å². The van der Waals surface area contributed by atoms with Gasteiger partial charge in [-0.3, -0.25) is 0 Å². The van der Waals surface area contributed by atoms with Gasteiger partial charge < -0.3 is 15.2 Å². The summed E-state index contributed by atoms with van der Waals surface area (Å²) in [6, 6.07) is 0. The Kier molecular flexibility index (Phi) is 4.22. The van der Waals surface area contributed by atoms with Crippen LogP contribution in [-0.2, 0) is 13.0 Å². The van der Waals surface area contributed by atoms with Crippen molar-refractivity contribution in [1.82, 2.24) is 15.1 Å². The molecule has 2 rings (SSSR count). The van der Waals surface area contributed by atoms with Crippen LogP contribution >= 0.6 is 0 Å². The van der Waals surface area contributed by atoms with Crippen LogP contribution in [0.15, 0.2) is 4.52 Å². The molecule has 0 saturated carbocycles. The standard InChI is InChI=1S/C14H21N5O/c1-6-12-17-13(15-5)8(2)14(18-12)16-7-11-9(3)19-20-10(11)4/h6-7H2,1-5H3,(H2,15,16,17,18). The maximum Gasteiger partial charge on any atom is 0.138 e. The highest BCUT2D eigenvalue weighted by Crippen LogP contribution is 2.21. The molecule has 2 aromatic heterocycles. The van der Waals surface area contributed by atoms with E-state index in [4.69, 9.17) is 4.52 Å². The van der Waals surface area contributed by atoms with Crippen molar-refractivity contribution in [1.29, 1.82) is 0 Å². The van der Waals surface area contributed by atoms with Crippen LogP contribution in [0.3, 0.4) is 0 Å². The van der Waals surface area contributed by atoms with E-state index in [1.807, 2.05) is 34.7 Å². The van der Waals surface area contributed by atoms with E-state index in [0.717, 1.165) is 46.5 Å². The van der Waals surface area contributed by atoms with Crippen LogP contribution in [0.2, 0.25) is 0 Å². The van der Waals surface area contributed by atoms with E-state index in [0.29, 0.717) is 6.54 Å². The molecule has 6 heteroatoms. The predicted octanol–water partition coefficient (Wildman–Crippen LogP) is 2.61. The maximum atomic E-state index is 5.17. The van der Waals surface area contributed by atoms with Gasteiger partial charge in [-0.05, 0) is 20.8 Å². The van der Waals surface area contributed by atoms with Gasteiger partial charge in [0.1, 0.15) is 23.2 Å². The van der Waals surface area contributed by atoms with Gasteiger partial charge in [0, 0.05) is 31.1 Å². The van der Waals surface area contributed by atoms with Gasteiger partial charge in [-0.25, -0.2) is 9.97 Å². The van der Waals surface area contributed by atoms with E-state index in [9.17, 15) is 0 Å². The fourth-order valence-corrected chi connectivity index (χ4v) is 2.06. The Labute approximate surface area is 119 Å². The third-order valence-corrected chi connectivity index (χ3v) is 3.36. The van der Waals surface area contributed by atoms with Crippen LogP contribution in [0.5, 0.6) is 0 Å². The molecule has 0 atom stereocenters. The van der Waals surface area contributed by atoms with Crippen molar-refractivity contribution in [2.75, 3.05) is 17.7 Å². The molecule has 108 valence electrons. The summed E-state index contributed by atoms with van der Waals surface area (Å²) in [5, 5.41) is 10.4. The lowest BCUT2D eigenvalue weighted by Gasteiger charge is -2.13. The smallest absolute Gasteiger partial charge is 0.138 e. The Balaban J connectivity index is 2.25. The Morgan fingerprint density at radius 3 is 2.35 bits per heavy atom. The second kappa shape index (κ2) is 5.90. The fraction of sp³-hybridized carbons (Fsp3) is 0.500. The maximum absolute atomic E-state index is 5.17. The Morgan fingerprint density at radius 2 is 1.80 bits per heavy atom. The molecular formula is C14H21N5O. The van der Waals surface area contributed by atoms with Gasteiger partial charge >= 0.3 is 0 Å². The monoisotopic (exact) mass is 275 g/mol. The number of nitrogens with one attached hydrogen (secondary N) is 2. The molecule has 0 aromatic carbocycles. The third-order valence-electron chi connectivity index (χ3n) is 3.36. The number of nitrogens with zero attached hydrogens (tertiary/aromatic N) is 3. The van der Waals surface area contributed by atoms with Crippen molar-refractivity contribution in [3.63, 3.8) is 0 Å². The normalized spacial score (nSPS) is 10.7. The zero-order valence-corrected chi connectivity index (χ0v) is 12.7. The number of hydrogen-bond acceptors (Lipinski definition) is 6. The Hall–Kier alpha value is -2.11. The van der Waals surface area contributed by atoms with Gasteiger partial charge in [0.15, 0.2) is 0 Å². The number of hydrogen-bond donors (Lipinski definition) is 2. The molecule has 0 radical (unpaired) electrons. The minimum Gasteiger partial charge on any atom is -0.373 e. The Morgan fingerprint density at radius 1 is 1.10 bits per heavy atom. The van der Waals surface area contributed by atoms with E-state index in [2.05, 4.69) is 25.8 Å². The lowest BCUT2D eigenvalue weighted by Crippen LogP contribution is -2.10. The fourth-order valence-electron chi connectivity index (χ4n) is 2.06. The summed E-state index contributed by atoms with van der Waals surface area (Å²) in [6.07, 6.45) is 0.801. The first-order valence-electron chi connectivity index (χ1n) is 6.77.